The summed E-state index contributed by atoms with van der Waals surface area (Å²) in [5.41, 5.74) is 7.83. The highest BCUT2D eigenvalue weighted by molar-refractivity contribution is 6.09. The molecule has 0 radical (unpaired) electrons. The molecule has 0 saturated heterocycles. The Morgan fingerprint density at radius 1 is 1.26 bits per heavy atom. The lowest BCUT2D eigenvalue weighted by Crippen LogP contribution is -2.23. The number of amides is 2. The third-order valence-electron chi connectivity index (χ3n) is 3.90. The summed E-state index contributed by atoms with van der Waals surface area (Å²) in [5, 5.41) is 0. The van der Waals surface area contributed by atoms with Crippen molar-refractivity contribution in [2.24, 2.45) is 5.73 Å². The third kappa shape index (κ3) is 2.46. The van der Waals surface area contributed by atoms with Crippen LogP contribution in [-0.2, 0) is 11.2 Å². The number of nitrogens with zero attached hydrogens (tertiary/aromatic N) is 3. The lowest BCUT2D eigenvalue weighted by atomic mass is 10.1. The van der Waals surface area contributed by atoms with E-state index in [0.29, 0.717) is 17.2 Å². The Morgan fingerprint density at radius 2 is 1.96 bits per heavy atom. The van der Waals surface area contributed by atoms with Gasteiger partial charge in [-0.15, -0.1) is 0 Å². The second kappa shape index (κ2) is 5.46. The number of rotatable bonds is 3. The van der Waals surface area contributed by atoms with Crippen LogP contribution in [0.4, 0.5) is 11.5 Å². The molecule has 2 N–H and O–H groups in total. The normalized spacial score (nSPS) is 13.6. The number of primary amides is 1. The molecule has 0 atom stereocenters. The first kappa shape index (κ1) is 15.1. The van der Waals surface area contributed by atoms with E-state index in [1.807, 2.05) is 45.0 Å². The topological polar surface area (TPSA) is 89.2 Å². The summed E-state index contributed by atoms with van der Waals surface area (Å²) in [4.78, 5) is 34.7. The van der Waals surface area contributed by atoms with Crippen LogP contribution < -0.4 is 10.6 Å². The van der Waals surface area contributed by atoms with Crippen LogP contribution in [0.15, 0.2) is 24.3 Å². The van der Waals surface area contributed by atoms with Crippen LogP contribution in [0.1, 0.15) is 47.2 Å². The second-order valence-corrected chi connectivity index (χ2v) is 5.94. The highest BCUT2D eigenvalue weighted by atomic mass is 16.2. The Kier molecular flexibility index (Phi) is 3.60. The Labute approximate surface area is 134 Å². The monoisotopic (exact) mass is 310 g/mol. The number of carbonyl (C=O) groups excluding carboxylic acids is 2. The van der Waals surface area contributed by atoms with E-state index in [4.69, 9.17) is 5.73 Å². The van der Waals surface area contributed by atoms with E-state index in [2.05, 4.69) is 9.97 Å². The molecule has 0 saturated carbocycles. The van der Waals surface area contributed by atoms with Crippen molar-refractivity contribution in [1.29, 1.82) is 0 Å². The molecule has 2 aromatic rings. The van der Waals surface area contributed by atoms with E-state index >= 15 is 0 Å². The fourth-order valence-corrected chi connectivity index (χ4v) is 2.71. The van der Waals surface area contributed by atoms with Crippen LogP contribution in [-0.4, -0.2) is 21.8 Å². The fourth-order valence-electron chi connectivity index (χ4n) is 2.71. The minimum atomic E-state index is -0.634. The van der Waals surface area contributed by atoms with Gasteiger partial charge in [-0.1, -0.05) is 32.0 Å². The van der Waals surface area contributed by atoms with E-state index in [-0.39, 0.29) is 23.9 Å². The molecule has 0 fully saturated rings. The number of hydrogen-bond donors (Lipinski definition) is 1. The first-order chi connectivity index (χ1) is 10.9. The number of para-hydroxylation sites is 1. The van der Waals surface area contributed by atoms with Gasteiger partial charge in [0.15, 0.2) is 0 Å². The fraction of sp³-hybridized carbons (Fsp3) is 0.294. The van der Waals surface area contributed by atoms with Crippen molar-refractivity contribution in [2.45, 2.75) is 33.1 Å². The van der Waals surface area contributed by atoms with Gasteiger partial charge in [0.2, 0.25) is 5.91 Å². The predicted octanol–water partition coefficient (Wildman–Crippen LogP) is 2.23. The lowest BCUT2D eigenvalue weighted by molar-refractivity contribution is -0.116. The van der Waals surface area contributed by atoms with Gasteiger partial charge in [-0.25, -0.2) is 9.97 Å². The zero-order valence-electron chi connectivity index (χ0n) is 13.3. The summed E-state index contributed by atoms with van der Waals surface area (Å²) in [5.74, 6) is 0.229. The predicted molar refractivity (Wildman–Crippen MR) is 86.7 cm³/mol. The molecule has 2 amide bonds. The highest BCUT2D eigenvalue weighted by Crippen LogP contribution is 2.37. The number of aromatic nitrogens is 2. The molecule has 23 heavy (non-hydrogen) atoms. The third-order valence-corrected chi connectivity index (χ3v) is 3.90. The second-order valence-electron chi connectivity index (χ2n) is 5.94. The zero-order valence-corrected chi connectivity index (χ0v) is 13.3. The largest absolute Gasteiger partial charge is 0.364 e. The molecule has 0 unspecified atom stereocenters. The van der Waals surface area contributed by atoms with Gasteiger partial charge in [0, 0.05) is 11.5 Å². The number of aryl methyl sites for hydroxylation is 1. The van der Waals surface area contributed by atoms with Crippen LogP contribution in [0.5, 0.6) is 0 Å². The smallest absolute Gasteiger partial charge is 0.267 e. The van der Waals surface area contributed by atoms with Gasteiger partial charge in [0.05, 0.1) is 12.1 Å². The summed E-state index contributed by atoms with van der Waals surface area (Å²) in [6, 6.07) is 7.57. The van der Waals surface area contributed by atoms with Crippen LogP contribution in [0.2, 0.25) is 0 Å². The maximum Gasteiger partial charge on any atom is 0.267 e. The molecule has 1 aliphatic heterocycles. The van der Waals surface area contributed by atoms with Crippen LogP contribution in [0, 0.1) is 6.92 Å². The Hall–Kier alpha value is -2.76. The van der Waals surface area contributed by atoms with E-state index in [1.54, 1.807) is 4.90 Å². The van der Waals surface area contributed by atoms with Crippen LogP contribution in [0.25, 0.3) is 0 Å². The summed E-state index contributed by atoms with van der Waals surface area (Å²) < 4.78 is 0. The van der Waals surface area contributed by atoms with Gasteiger partial charge >= 0.3 is 0 Å². The molecule has 1 aromatic carbocycles. The summed E-state index contributed by atoms with van der Waals surface area (Å²) >= 11 is 0. The number of anilines is 2. The van der Waals surface area contributed by atoms with Crippen molar-refractivity contribution in [2.75, 3.05) is 4.90 Å². The number of fused-ring (bicyclic) bond motifs is 1. The maximum atomic E-state index is 12.5. The van der Waals surface area contributed by atoms with Crippen molar-refractivity contribution in [3.05, 3.63) is 46.9 Å². The molecule has 1 aromatic heterocycles. The Bertz CT molecular complexity index is 814. The van der Waals surface area contributed by atoms with Crippen molar-refractivity contribution in [3.63, 3.8) is 0 Å². The van der Waals surface area contributed by atoms with Crippen LogP contribution >= 0.6 is 0 Å². The number of hydrogen-bond acceptors (Lipinski definition) is 4. The Balaban J connectivity index is 2.25. The SMILES string of the molecule is Cc1ccccc1N1C(=O)Cc2c(C(N)=O)nc(C(C)C)nc21. The first-order valence-electron chi connectivity index (χ1n) is 7.49. The number of carbonyl (C=O) groups is 2. The lowest BCUT2D eigenvalue weighted by Gasteiger charge is -2.20. The summed E-state index contributed by atoms with van der Waals surface area (Å²) in [6.07, 6.45) is 0.0836. The van der Waals surface area contributed by atoms with Gasteiger partial charge in [-0.2, -0.15) is 0 Å². The first-order valence-corrected chi connectivity index (χ1v) is 7.49. The molecule has 1 aliphatic rings. The molecule has 118 valence electrons. The van der Waals surface area contributed by atoms with Gasteiger partial charge in [0.25, 0.3) is 5.91 Å². The van der Waals surface area contributed by atoms with E-state index in [0.717, 1.165) is 11.3 Å². The molecule has 6 heteroatoms. The summed E-state index contributed by atoms with van der Waals surface area (Å²) in [6.45, 7) is 5.79. The van der Waals surface area contributed by atoms with Crippen molar-refractivity contribution >= 4 is 23.3 Å². The molecule has 0 spiro atoms. The molecule has 0 aliphatic carbocycles. The number of benzene rings is 1. The average Bonchev–Trinajstić information content (AvgIpc) is 2.82. The van der Waals surface area contributed by atoms with Crippen molar-refractivity contribution < 1.29 is 9.59 Å². The molecule has 6 nitrogen and oxygen atoms in total. The van der Waals surface area contributed by atoms with Crippen molar-refractivity contribution in [3.8, 4) is 0 Å². The molecular weight excluding hydrogens is 292 g/mol. The van der Waals surface area contributed by atoms with Crippen LogP contribution in [0.3, 0.4) is 0 Å². The molecule has 2 heterocycles. The standard InChI is InChI=1S/C17H18N4O2/c1-9(2)16-19-14(15(18)23)11-8-13(22)21(17(11)20-16)12-7-5-4-6-10(12)3/h4-7,9H,8H2,1-3H3,(H2,18,23). The molecule has 3 rings (SSSR count). The van der Waals surface area contributed by atoms with E-state index in [9.17, 15) is 9.59 Å². The molecular formula is C17H18N4O2. The van der Waals surface area contributed by atoms with E-state index < -0.39 is 5.91 Å². The van der Waals surface area contributed by atoms with Gasteiger partial charge in [-0.05, 0) is 18.6 Å². The Morgan fingerprint density at radius 3 is 2.57 bits per heavy atom. The quantitative estimate of drug-likeness (QED) is 0.941. The van der Waals surface area contributed by atoms with Gasteiger partial charge in [-0.3, -0.25) is 14.5 Å². The average molecular weight is 310 g/mol. The van der Waals surface area contributed by atoms with Gasteiger partial charge in [0.1, 0.15) is 17.3 Å². The summed E-state index contributed by atoms with van der Waals surface area (Å²) in [7, 11) is 0. The minimum absolute atomic E-state index is 0.0211. The maximum absolute atomic E-state index is 12.5. The van der Waals surface area contributed by atoms with Crippen molar-refractivity contribution in [1.82, 2.24) is 9.97 Å². The minimum Gasteiger partial charge on any atom is -0.364 e. The number of nitrogens with two attached hydrogens (primary N) is 1. The zero-order chi connectivity index (χ0) is 16.7. The van der Waals surface area contributed by atoms with E-state index in [1.165, 1.54) is 0 Å². The highest BCUT2D eigenvalue weighted by Gasteiger charge is 2.35. The van der Waals surface area contributed by atoms with Gasteiger partial charge < -0.3 is 5.73 Å². The molecule has 0 bridgehead atoms.